The van der Waals surface area contributed by atoms with Gasteiger partial charge in [-0.3, -0.25) is 0 Å². The normalized spacial score (nSPS) is 14.3. The van der Waals surface area contributed by atoms with E-state index in [2.05, 4.69) is 39.6 Å². The molecule has 1 unspecified atom stereocenters. The number of aromatic nitrogens is 1. The molecule has 0 amide bonds. The van der Waals surface area contributed by atoms with Crippen LogP contribution in [0, 0.1) is 12.3 Å². The maximum absolute atomic E-state index is 6.15. The molecule has 1 heterocycles. The van der Waals surface area contributed by atoms with Gasteiger partial charge in [0.1, 0.15) is 0 Å². The van der Waals surface area contributed by atoms with Crippen LogP contribution in [0.15, 0.2) is 0 Å². The fourth-order valence-electron chi connectivity index (χ4n) is 1.40. The Morgan fingerprint density at radius 1 is 1.40 bits per heavy atom. The van der Waals surface area contributed by atoms with E-state index in [9.17, 15) is 0 Å². The highest BCUT2D eigenvalue weighted by Crippen LogP contribution is 2.24. The highest BCUT2D eigenvalue weighted by molar-refractivity contribution is 7.11. The number of nitrogens with two attached hydrogens (primary N) is 1. The predicted octanol–water partition coefficient (Wildman–Crippen LogP) is 2.93. The summed E-state index contributed by atoms with van der Waals surface area (Å²) in [6.07, 6.45) is 1.92. The maximum atomic E-state index is 6.15. The lowest BCUT2D eigenvalue weighted by Gasteiger charge is -2.26. The van der Waals surface area contributed by atoms with E-state index in [0.717, 1.165) is 12.8 Å². The molecular formula is C12H22N2S. The van der Waals surface area contributed by atoms with Crippen molar-refractivity contribution in [2.45, 2.75) is 53.5 Å². The van der Waals surface area contributed by atoms with Crippen molar-refractivity contribution in [2.75, 3.05) is 0 Å². The zero-order valence-electron chi connectivity index (χ0n) is 10.4. The molecule has 3 heteroatoms. The van der Waals surface area contributed by atoms with Gasteiger partial charge in [-0.05, 0) is 18.8 Å². The highest BCUT2D eigenvalue weighted by atomic mass is 32.1. The average molecular weight is 226 g/mol. The molecule has 1 atom stereocenters. The molecule has 0 aromatic carbocycles. The largest absolute Gasteiger partial charge is 0.327 e. The third-order valence-electron chi connectivity index (χ3n) is 2.78. The summed E-state index contributed by atoms with van der Waals surface area (Å²) in [5, 5.41) is 1.19. The predicted molar refractivity (Wildman–Crippen MR) is 67.4 cm³/mol. The molecule has 0 aliphatic rings. The minimum Gasteiger partial charge on any atom is -0.327 e. The minimum absolute atomic E-state index is 0.159. The van der Waals surface area contributed by atoms with Gasteiger partial charge in [-0.15, -0.1) is 11.3 Å². The zero-order valence-corrected chi connectivity index (χ0v) is 11.2. The molecule has 0 radical (unpaired) electrons. The first-order valence-corrected chi connectivity index (χ1v) is 6.37. The molecule has 0 aliphatic heterocycles. The second-order valence-corrected chi connectivity index (χ2v) is 6.43. The van der Waals surface area contributed by atoms with E-state index in [1.54, 1.807) is 11.3 Å². The molecule has 1 aromatic heterocycles. The van der Waals surface area contributed by atoms with Gasteiger partial charge in [0.25, 0.3) is 0 Å². The fourth-order valence-corrected chi connectivity index (χ4v) is 2.48. The molecule has 0 aliphatic carbocycles. The Morgan fingerprint density at radius 3 is 2.40 bits per heavy atom. The van der Waals surface area contributed by atoms with Crippen molar-refractivity contribution in [3.8, 4) is 0 Å². The van der Waals surface area contributed by atoms with Crippen LogP contribution >= 0.6 is 11.3 Å². The Morgan fingerprint density at radius 2 is 2.00 bits per heavy atom. The van der Waals surface area contributed by atoms with Crippen molar-refractivity contribution in [1.82, 2.24) is 4.98 Å². The topological polar surface area (TPSA) is 38.9 Å². The van der Waals surface area contributed by atoms with Gasteiger partial charge in [0.2, 0.25) is 0 Å². The summed E-state index contributed by atoms with van der Waals surface area (Å²) < 4.78 is 0. The van der Waals surface area contributed by atoms with Gasteiger partial charge in [0, 0.05) is 17.3 Å². The van der Waals surface area contributed by atoms with Gasteiger partial charge >= 0.3 is 0 Å². The molecule has 1 aromatic rings. The average Bonchev–Trinajstić information content (AvgIpc) is 2.44. The van der Waals surface area contributed by atoms with Crippen LogP contribution < -0.4 is 5.73 Å². The van der Waals surface area contributed by atoms with Crippen molar-refractivity contribution in [3.05, 3.63) is 15.6 Å². The third kappa shape index (κ3) is 3.28. The Kier molecular flexibility index (Phi) is 3.90. The standard InChI is InChI=1S/C12H22N2S/c1-6-9-8(2)15-11(14-9)7-10(13)12(3,4)5/h10H,6-7,13H2,1-5H3. The quantitative estimate of drug-likeness (QED) is 0.860. The van der Waals surface area contributed by atoms with Gasteiger partial charge in [-0.1, -0.05) is 27.7 Å². The zero-order chi connectivity index (χ0) is 11.6. The van der Waals surface area contributed by atoms with Crippen LogP contribution in [0.1, 0.15) is 43.3 Å². The molecular weight excluding hydrogens is 204 g/mol. The first-order chi connectivity index (χ1) is 6.84. The molecule has 2 nitrogen and oxygen atoms in total. The number of aryl methyl sites for hydroxylation is 2. The summed E-state index contributed by atoms with van der Waals surface area (Å²) in [4.78, 5) is 5.96. The van der Waals surface area contributed by atoms with E-state index < -0.39 is 0 Å². The minimum atomic E-state index is 0.159. The van der Waals surface area contributed by atoms with Crippen molar-refractivity contribution < 1.29 is 0 Å². The molecule has 86 valence electrons. The van der Waals surface area contributed by atoms with Crippen LogP contribution in [0.4, 0.5) is 0 Å². The lowest BCUT2D eigenvalue weighted by atomic mass is 9.86. The lowest BCUT2D eigenvalue weighted by Crippen LogP contribution is -2.36. The van der Waals surface area contributed by atoms with Gasteiger partial charge in [0.05, 0.1) is 10.7 Å². The summed E-state index contributed by atoms with van der Waals surface area (Å²) in [5.74, 6) is 0. The number of hydrogen-bond donors (Lipinski definition) is 1. The number of nitrogens with zero attached hydrogens (tertiary/aromatic N) is 1. The monoisotopic (exact) mass is 226 g/mol. The number of hydrogen-bond acceptors (Lipinski definition) is 3. The number of thiazole rings is 1. The van der Waals surface area contributed by atoms with Crippen LogP contribution in [-0.4, -0.2) is 11.0 Å². The molecule has 1 rings (SSSR count). The summed E-state index contributed by atoms with van der Waals surface area (Å²) in [6, 6.07) is 0.188. The SMILES string of the molecule is CCc1nc(CC(N)C(C)(C)C)sc1C. The second-order valence-electron chi connectivity index (χ2n) is 5.14. The third-order valence-corrected chi connectivity index (χ3v) is 3.81. The van der Waals surface area contributed by atoms with Gasteiger partial charge in [-0.25, -0.2) is 4.98 Å². The van der Waals surface area contributed by atoms with E-state index in [-0.39, 0.29) is 11.5 Å². The summed E-state index contributed by atoms with van der Waals surface area (Å²) in [7, 11) is 0. The molecule has 0 fully saturated rings. The van der Waals surface area contributed by atoms with Crippen LogP contribution in [0.2, 0.25) is 0 Å². The van der Waals surface area contributed by atoms with E-state index in [4.69, 9.17) is 5.73 Å². The van der Waals surface area contributed by atoms with E-state index in [1.165, 1.54) is 15.6 Å². The van der Waals surface area contributed by atoms with Crippen molar-refractivity contribution in [3.63, 3.8) is 0 Å². The van der Waals surface area contributed by atoms with Crippen molar-refractivity contribution in [2.24, 2.45) is 11.1 Å². The van der Waals surface area contributed by atoms with E-state index >= 15 is 0 Å². The summed E-state index contributed by atoms with van der Waals surface area (Å²) >= 11 is 1.79. The van der Waals surface area contributed by atoms with Gasteiger partial charge < -0.3 is 5.73 Å². The van der Waals surface area contributed by atoms with Crippen LogP contribution in [0.3, 0.4) is 0 Å². The van der Waals surface area contributed by atoms with Crippen molar-refractivity contribution in [1.29, 1.82) is 0 Å². The van der Waals surface area contributed by atoms with Crippen LogP contribution in [-0.2, 0) is 12.8 Å². The molecule has 15 heavy (non-hydrogen) atoms. The lowest BCUT2D eigenvalue weighted by molar-refractivity contribution is 0.318. The Labute approximate surface area is 96.9 Å². The van der Waals surface area contributed by atoms with Crippen LogP contribution in [0.5, 0.6) is 0 Å². The molecule has 0 saturated carbocycles. The van der Waals surface area contributed by atoms with Gasteiger partial charge in [-0.2, -0.15) is 0 Å². The molecule has 0 bridgehead atoms. The Hall–Kier alpha value is -0.410. The first-order valence-electron chi connectivity index (χ1n) is 5.55. The van der Waals surface area contributed by atoms with Gasteiger partial charge in [0.15, 0.2) is 0 Å². The van der Waals surface area contributed by atoms with E-state index in [1.807, 2.05) is 0 Å². The second kappa shape index (κ2) is 4.62. The van der Waals surface area contributed by atoms with Crippen molar-refractivity contribution >= 4 is 11.3 Å². The molecule has 0 saturated heterocycles. The maximum Gasteiger partial charge on any atom is 0.0946 e. The summed E-state index contributed by atoms with van der Waals surface area (Å²) in [5.41, 5.74) is 7.54. The van der Waals surface area contributed by atoms with E-state index in [0.29, 0.717) is 0 Å². The summed E-state index contributed by atoms with van der Waals surface area (Å²) in [6.45, 7) is 10.8. The number of rotatable bonds is 3. The highest BCUT2D eigenvalue weighted by Gasteiger charge is 2.22. The molecule has 2 N–H and O–H groups in total. The molecule has 0 spiro atoms. The fraction of sp³-hybridized carbons (Fsp3) is 0.750. The van der Waals surface area contributed by atoms with Crippen LogP contribution in [0.25, 0.3) is 0 Å². The first kappa shape index (κ1) is 12.7. The Balaban J connectivity index is 2.73. The Bertz CT molecular complexity index is 323. The smallest absolute Gasteiger partial charge is 0.0946 e.